The van der Waals surface area contributed by atoms with Gasteiger partial charge in [-0.3, -0.25) is 4.79 Å². The minimum Gasteiger partial charge on any atom is -0.454 e. The standard InChI is InChI=1S/C17H15NO6/c1-2-21-17(20)24-15-7-18-4-3-10-5-13-14(23-9-22-13)6-11(10)16(18)12(15)8-19/h5-8H,2-4,9H2,1H3. The van der Waals surface area contributed by atoms with Crippen LogP contribution in [0, 0.1) is 0 Å². The highest BCUT2D eigenvalue weighted by Gasteiger charge is 2.28. The zero-order valence-corrected chi connectivity index (χ0v) is 13.0. The molecule has 0 amide bonds. The largest absolute Gasteiger partial charge is 0.513 e. The van der Waals surface area contributed by atoms with Gasteiger partial charge < -0.3 is 23.5 Å². The van der Waals surface area contributed by atoms with Crippen LogP contribution < -0.4 is 14.2 Å². The molecule has 0 bridgehead atoms. The third-order valence-electron chi connectivity index (χ3n) is 4.13. The number of hydrogen-bond acceptors (Lipinski definition) is 6. The van der Waals surface area contributed by atoms with E-state index in [2.05, 4.69) is 0 Å². The molecule has 0 unspecified atom stereocenters. The number of fused-ring (bicyclic) bond motifs is 4. The zero-order valence-electron chi connectivity index (χ0n) is 13.0. The highest BCUT2D eigenvalue weighted by Crippen LogP contribution is 2.43. The van der Waals surface area contributed by atoms with Crippen molar-refractivity contribution in [2.45, 2.75) is 19.9 Å². The fourth-order valence-electron chi connectivity index (χ4n) is 3.11. The van der Waals surface area contributed by atoms with E-state index in [1.54, 1.807) is 13.1 Å². The molecule has 0 radical (unpaired) electrons. The summed E-state index contributed by atoms with van der Waals surface area (Å²) in [5.74, 6) is 1.56. The highest BCUT2D eigenvalue weighted by atomic mass is 16.7. The van der Waals surface area contributed by atoms with Crippen LogP contribution in [0.15, 0.2) is 18.3 Å². The number of carbonyl (C=O) groups excluding carboxylic acids is 2. The summed E-state index contributed by atoms with van der Waals surface area (Å²) in [4.78, 5) is 23.2. The summed E-state index contributed by atoms with van der Waals surface area (Å²) in [5, 5.41) is 0. The van der Waals surface area contributed by atoms with Crippen molar-refractivity contribution in [2.24, 2.45) is 0 Å². The van der Waals surface area contributed by atoms with Crippen LogP contribution in [0.4, 0.5) is 4.79 Å². The molecule has 24 heavy (non-hydrogen) atoms. The van der Waals surface area contributed by atoms with Crippen molar-refractivity contribution in [3.8, 4) is 28.5 Å². The Bertz CT molecular complexity index is 838. The Labute approximate surface area is 137 Å². The van der Waals surface area contributed by atoms with E-state index in [9.17, 15) is 9.59 Å². The van der Waals surface area contributed by atoms with E-state index >= 15 is 0 Å². The van der Waals surface area contributed by atoms with Gasteiger partial charge in [-0.15, -0.1) is 0 Å². The smallest absolute Gasteiger partial charge is 0.454 e. The van der Waals surface area contributed by atoms with Crippen LogP contribution in [0.3, 0.4) is 0 Å². The van der Waals surface area contributed by atoms with Crippen molar-refractivity contribution < 1.29 is 28.5 Å². The van der Waals surface area contributed by atoms with E-state index in [-0.39, 0.29) is 19.1 Å². The maximum atomic E-state index is 11.6. The van der Waals surface area contributed by atoms with Gasteiger partial charge in [-0.2, -0.15) is 0 Å². The molecule has 0 atom stereocenters. The van der Waals surface area contributed by atoms with Crippen LogP contribution in [-0.4, -0.2) is 30.4 Å². The predicted octanol–water partition coefficient (Wildman–Crippen LogP) is 2.79. The highest BCUT2D eigenvalue weighted by molar-refractivity contribution is 5.92. The van der Waals surface area contributed by atoms with Crippen LogP contribution in [0.1, 0.15) is 22.8 Å². The zero-order chi connectivity index (χ0) is 16.7. The van der Waals surface area contributed by atoms with Crippen molar-refractivity contribution in [1.29, 1.82) is 0 Å². The Morgan fingerprint density at radius 2 is 2.12 bits per heavy atom. The van der Waals surface area contributed by atoms with Crippen LogP contribution in [0.2, 0.25) is 0 Å². The maximum Gasteiger partial charge on any atom is 0.513 e. The molecule has 7 nitrogen and oxygen atoms in total. The van der Waals surface area contributed by atoms with Gasteiger partial charge in [0, 0.05) is 18.3 Å². The first-order valence-electron chi connectivity index (χ1n) is 7.67. The molecule has 2 aliphatic heterocycles. The van der Waals surface area contributed by atoms with E-state index in [4.69, 9.17) is 18.9 Å². The normalized spacial score (nSPS) is 13.9. The summed E-state index contributed by atoms with van der Waals surface area (Å²) in [7, 11) is 0. The molecular formula is C17H15NO6. The first-order valence-corrected chi connectivity index (χ1v) is 7.67. The Morgan fingerprint density at radius 1 is 1.33 bits per heavy atom. The number of carbonyl (C=O) groups is 2. The van der Waals surface area contributed by atoms with Gasteiger partial charge in [-0.25, -0.2) is 4.79 Å². The summed E-state index contributed by atoms with van der Waals surface area (Å²) in [6, 6.07) is 3.80. The SMILES string of the molecule is CCOC(=O)Oc1cn2c(c1C=O)-c1cc3c(cc1CC2)OCO3. The van der Waals surface area contributed by atoms with E-state index in [1.165, 1.54) is 0 Å². The molecule has 0 spiro atoms. The minimum absolute atomic E-state index is 0.191. The molecule has 0 N–H and O–H groups in total. The number of nitrogens with zero attached hydrogens (tertiary/aromatic N) is 1. The number of ether oxygens (including phenoxy) is 4. The number of hydrogen-bond donors (Lipinski definition) is 0. The van der Waals surface area contributed by atoms with Crippen molar-refractivity contribution >= 4 is 12.4 Å². The molecule has 2 aliphatic rings. The van der Waals surface area contributed by atoms with Crippen LogP contribution in [0.25, 0.3) is 11.3 Å². The van der Waals surface area contributed by atoms with Crippen LogP contribution in [-0.2, 0) is 17.7 Å². The van der Waals surface area contributed by atoms with Gasteiger partial charge in [0.25, 0.3) is 0 Å². The van der Waals surface area contributed by atoms with Crippen molar-refractivity contribution in [2.75, 3.05) is 13.4 Å². The van der Waals surface area contributed by atoms with Crippen LogP contribution in [0.5, 0.6) is 17.2 Å². The third kappa shape index (κ3) is 2.20. The fraction of sp³-hybridized carbons (Fsp3) is 0.294. The molecule has 0 aliphatic carbocycles. The lowest BCUT2D eigenvalue weighted by Crippen LogP contribution is -2.10. The van der Waals surface area contributed by atoms with E-state index in [0.717, 1.165) is 17.5 Å². The van der Waals surface area contributed by atoms with Crippen LogP contribution >= 0.6 is 0 Å². The molecule has 1 aromatic heterocycles. The summed E-state index contributed by atoms with van der Waals surface area (Å²) >= 11 is 0. The number of benzene rings is 1. The van der Waals surface area contributed by atoms with Gasteiger partial charge in [0.05, 0.1) is 17.9 Å². The summed E-state index contributed by atoms with van der Waals surface area (Å²) in [5.41, 5.74) is 2.98. The maximum absolute atomic E-state index is 11.6. The summed E-state index contributed by atoms with van der Waals surface area (Å²) in [6.45, 7) is 2.76. The Balaban J connectivity index is 1.80. The molecule has 1 aromatic carbocycles. The third-order valence-corrected chi connectivity index (χ3v) is 4.13. The molecule has 0 saturated carbocycles. The molecule has 4 rings (SSSR count). The second-order valence-corrected chi connectivity index (χ2v) is 5.46. The molecule has 3 heterocycles. The lowest BCUT2D eigenvalue weighted by Gasteiger charge is -2.20. The number of aldehydes is 1. The van der Waals surface area contributed by atoms with E-state index < -0.39 is 6.16 Å². The first-order chi connectivity index (χ1) is 11.7. The topological polar surface area (TPSA) is 76.0 Å². The lowest BCUT2D eigenvalue weighted by molar-refractivity contribution is 0.103. The van der Waals surface area contributed by atoms with Gasteiger partial charge >= 0.3 is 6.16 Å². The fourth-order valence-corrected chi connectivity index (χ4v) is 3.11. The number of rotatable bonds is 3. The van der Waals surface area contributed by atoms with Gasteiger partial charge in [0.2, 0.25) is 6.79 Å². The quantitative estimate of drug-likeness (QED) is 0.637. The van der Waals surface area contributed by atoms with Gasteiger partial charge in [-0.1, -0.05) is 0 Å². The van der Waals surface area contributed by atoms with E-state index in [0.29, 0.717) is 35.6 Å². The first kappa shape index (κ1) is 14.6. The number of aromatic nitrogens is 1. The molecule has 0 fully saturated rings. The van der Waals surface area contributed by atoms with Crippen molar-refractivity contribution in [3.63, 3.8) is 0 Å². The Kier molecular flexibility index (Phi) is 3.41. The molecule has 124 valence electrons. The summed E-state index contributed by atoms with van der Waals surface area (Å²) in [6.07, 6.45) is 2.31. The van der Waals surface area contributed by atoms with Gasteiger partial charge in [0.1, 0.15) is 0 Å². The number of aryl methyl sites for hydroxylation is 2. The Hall–Kier alpha value is -2.96. The van der Waals surface area contributed by atoms with Gasteiger partial charge in [-0.05, 0) is 31.0 Å². The van der Waals surface area contributed by atoms with Crippen molar-refractivity contribution in [3.05, 3.63) is 29.5 Å². The molecular weight excluding hydrogens is 314 g/mol. The average molecular weight is 329 g/mol. The van der Waals surface area contributed by atoms with E-state index in [1.807, 2.05) is 16.7 Å². The molecule has 7 heteroatoms. The molecule has 2 aromatic rings. The second-order valence-electron chi connectivity index (χ2n) is 5.46. The predicted molar refractivity (Wildman–Crippen MR) is 82.7 cm³/mol. The molecule has 0 saturated heterocycles. The van der Waals surface area contributed by atoms with Gasteiger partial charge in [0.15, 0.2) is 23.5 Å². The second kappa shape index (κ2) is 5.59. The lowest BCUT2D eigenvalue weighted by atomic mass is 9.96. The summed E-state index contributed by atoms with van der Waals surface area (Å²) < 4.78 is 22.7. The Morgan fingerprint density at radius 3 is 2.88 bits per heavy atom. The monoisotopic (exact) mass is 329 g/mol. The minimum atomic E-state index is -0.825. The van der Waals surface area contributed by atoms with Crippen molar-refractivity contribution in [1.82, 2.24) is 4.57 Å². The average Bonchev–Trinajstić information content (AvgIpc) is 3.15.